The van der Waals surface area contributed by atoms with Gasteiger partial charge in [0.05, 0.1) is 25.4 Å². The lowest BCUT2D eigenvalue weighted by atomic mass is 10.2. The Morgan fingerprint density at radius 3 is 2.75 bits per heavy atom. The molecule has 0 aromatic carbocycles. The molecule has 2 N–H and O–H groups in total. The van der Waals surface area contributed by atoms with Gasteiger partial charge in [-0.1, -0.05) is 6.07 Å². The standard InChI is InChI=1S/C17H25N5O2/c1-12-6-5-7-16(18-12)19-17(24)11-21(4)10-15-13(2)20-22(8-9-23)14(15)3/h5-7,23H,8-11H2,1-4H3,(H,18,19,24). The summed E-state index contributed by atoms with van der Waals surface area (Å²) in [6, 6.07) is 5.53. The molecule has 7 heteroatoms. The van der Waals surface area contributed by atoms with E-state index in [-0.39, 0.29) is 19.1 Å². The Morgan fingerprint density at radius 1 is 1.33 bits per heavy atom. The van der Waals surface area contributed by atoms with Crippen molar-refractivity contribution in [3.63, 3.8) is 0 Å². The van der Waals surface area contributed by atoms with Gasteiger partial charge in [0.25, 0.3) is 0 Å². The van der Waals surface area contributed by atoms with Gasteiger partial charge in [-0.05, 0) is 40.0 Å². The Morgan fingerprint density at radius 2 is 2.08 bits per heavy atom. The molecule has 0 aliphatic carbocycles. The van der Waals surface area contributed by atoms with Gasteiger partial charge in [0.15, 0.2) is 0 Å². The summed E-state index contributed by atoms with van der Waals surface area (Å²) in [6.07, 6.45) is 0. The van der Waals surface area contributed by atoms with Gasteiger partial charge < -0.3 is 10.4 Å². The van der Waals surface area contributed by atoms with Crippen LogP contribution in [0.5, 0.6) is 0 Å². The zero-order valence-corrected chi connectivity index (χ0v) is 14.7. The lowest BCUT2D eigenvalue weighted by Crippen LogP contribution is -2.30. The Balaban J connectivity index is 1.95. The van der Waals surface area contributed by atoms with Crippen LogP contribution in [0.15, 0.2) is 18.2 Å². The molecule has 2 rings (SSSR count). The first-order valence-electron chi connectivity index (χ1n) is 7.96. The van der Waals surface area contributed by atoms with Gasteiger partial charge in [0.1, 0.15) is 5.82 Å². The number of hydrogen-bond donors (Lipinski definition) is 2. The number of nitrogens with zero attached hydrogens (tertiary/aromatic N) is 4. The maximum absolute atomic E-state index is 12.2. The second-order valence-corrected chi connectivity index (χ2v) is 5.98. The van der Waals surface area contributed by atoms with Crippen LogP contribution in [0.1, 0.15) is 22.6 Å². The minimum Gasteiger partial charge on any atom is -0.394 e. The smallest absolute Gasteiger partial charge is 0.239 e. The number of aromatic nitrogens is 3. The number of anilines is 1. The predicted octanol–water partition coefficient (Wildman–Crippen LogP) is 1.27. The number of pyridine rings is 1. The second-order valence-electron chi connectivity index (χ2n) is 5.98. The zero-order chi connectivity index (χ0) is 17.7. The molecule has 24 heavy (non-hydrogen) atoms. The SMILES string of the molecule is Cc1cccc(NC(=O)CN(C)Cc2c(C)nn(CCO)c2C)n1. The molecule has 2 heterocycles. The first-order chi connectivity index (χ1) is 11.4. The van der Waals surface area contributed by atoms with E-state index in [1.165, 1.54) is 0 Å². The molecule has 0 radical (unpaired) electrons. The zero-order valence-electron chi connectivity index (χ0n) is 14.7. The molecule has 0 aliphatic rings. The summed E-state index contributed by atoms with van der Waals surface area (Å²) in [5, 5.41) is 16.3. The van der Waals surface area contributed by atoms with Gasteiger partial charge in [-0.2, -0.15) is 5.10 Å². The molecule has 2 aromatic heterocycles. The summed E-state index contributed by atoms with van der Waals surface area (Å²) in [5.41, 5.74) is 3.90. The number of hydrogen-bond acceptors (Lipinski definition) is 5. The molecule has 0 fully saturated rings. The van der Waals surface area contributed by atoms with E-state index in [0.717, 1.165) is 22.6 Å². The van der Waals surface area contributed by atoms with E-state index in [1.807, 2.05) is 44.9 Å². The topological polar surface area (TPSA) is 83.3 Å². The number of carbonyl (C=O) groups excluding carboxylic acids is 1. The molecule has 0 aliphatic heterocycles. The fraction of sp³-hybridized carbons (Fsp3) is 0.471. The first kappa shape index (κ1) is 18.1. The van der Waals surface area contributed by atoms with Crippen LogP contribution in [0, 0.1) is 20.8 Å². The fourth-order valence-corrected chi connectivity index (χ4v) is 2.64. The average Bonchev–Trinajstić information content (AvgIpc) is 2.75. The van der Waals surface area contributed by atoms with E-state index in [9.17, 15) is 4.79 Å². The minimum atomic E-state index is -0.103. The van der Waals surface area contributed by atoms with E-state index in [0.29, 0.717) is 18.9 Å². The van der Waals surface area contributed by atoms with Crippen molar-refractivity contribution < 1.29 is 9.90 Å². The summed E-state index contributed by atoms with van der Waals surface area (Å²) in [4.78, 5) is 18.4. The van der Waals surface area contributed by atoms with Crippen LogP contribution >= 0.6 is 0 Å². The average molecular weight is 331 g/mol. The predicted molar refractivity (Wildman–Crippen MR) is 92.7 cm³/mol. The number of amides is 1. The quantitative estimate of drug-likeness (QED) is 0.798. The third-order valence-corrected chi connectivity index (χ3v) is 3.84. The molecule has 0 atom stereocenters. The maximum Gasteiger partial charge on any atom is 0.239 e. The van der Waals surface area contributed by atoms with Crippen LogP contribution in [-0.4, -0.2) is 50.9 Å². The van der Waals surface area contributed by atoms with Gasteiger partial charge in [0, 0.05) is 23.5 Å². The van der Waals surface area contributed by atoms with Crippen molar-refractivity contribution in [2.45, 2.75) is 33.9 Å². The molecular weight excluding hydrogens is 306 g/mol. The molecule has 0 bridgehead atoms. The summed E-state index contributed by atoms with van der Waals surface area (Å²) >= 11 is 0. The Bertz CT molecular complexity index is 711. The summed E-state index contributed by atoms with van der Waals surface area (Å²) in [7, 11) is 1.89. The van der Waals surface area contributed by atoms with Gasteiger partial charge in [-0.15, -0.1) is 0 Å². The molecule has 0 saturated heterocycles. The fourth-order valence-electron chi connectivity index (χ4n) is 2.64. The summed E-state index contributed by atoms with van der Waals surface area (Å²) in [6.45, 7) is 7.24. The van der Waals surface area contributed by atoms with Crippen LogP contribution in [0.3, 0.4) is 0 Å². The van der Waals surface area contributed by atoms with E-state index in [2.05, 4.69) is 15.4 Å². The minimum absolute atomic E-state index is 0.0587. The van der Waals surface area contributed by atoms with Crippen LogP contribution in [0.25, 0.3) is 0 Å². The lowest BCUT2D eigenvalue weighted by Gasteiger charge is -2.16. The van der Waals surface area contributed by atoms with Gasteiger partial charge in [-0.3, -0.25) is 14.4 Å². The molecule has 0 spiro atoms. The van der Waals surface area contributed by atoms with E-state index in [4.69, 9.17) is 5.11 Å². The van der Waals surface area contributed by atoms with E-state index < -0.39 is 0 Å². The molecule has 1 amide bonds. The number of carbonyl (C=O) groups is 1. The number of aryl methyl sites for hydroxylation is 2. The van der Waals surface area contributed by atoms with Crippen LogP contribution in [0.4, 0.5) is 5.82 Å². The third-order valence-electron chi connectivity index (χ3n) is 3.84. The summed E-state index contributed by atoms with van der Waals surface area (Å²) < 4.78 is 1.80. The Kier molecular flexibility index (Phi) is 6.05. The third kappa shape index (κ3) is 4.62. The van der Waals surface area contributed by atoms with Crippen molar-refractivity contribution in [3.05, 3.63) is 40.8 Å². The Hall–Kier alpha value is -2.25. The molecule has 7 nitrogen and oxygen atoms in total. The largest absolute Gasteiger partial charge is 0.394 e. The highest BCUT2D eigenvalue weighted by atomic mass is 16.3. The number of nitrogens with one attached hydrogen (secondary N) is 1. The number of aliphatic hydroxyl groups excluding tert-OH is 1. The second kappa shape index (κ2) is 8.03. The van der Waals surface area contributed by atoms with Crippen LogP contribution in [-0.2, 0) is 17.9 Å². The van der Waals surface area contributed by atoms with Crippen LogP contribution in [0.2, 0.25) is 0 Å². The van der Waals surface area contributed by atoms with Crippen molar-refractivity contribution in [3.8, 4) is 0 Å². The number of aliphatic hydroxyl groups is 1. The maximum atomic E-state index is 12.2. The lowest BCUT2D eigenvalue weighted by molar-refractivity contribution is -0.117. The summed E-state index contributed by atoms with van der Waals surface area (Å²) in [5.74, 6) is 0.463. The van der Waals surface area contributed by atoms with Crippen molar-refractivity contribution >= 4 is 11.7 Å². The monoisotopic (exact) mass is 331 g/mol. The van der Waals surface area contributed by atoms with Gasteiger partial charge >= 0.3 is 0 Å². The molecular formula is C17H25N5O2. The molecule has 0 saturated carbocycles. The van der Waals surface area contributed by atoms with Crippen LogP contribution < -0.4 is 5.32 Å². The highest BCUT2D eigenvalue weighted by Crippen LogP contribution is 2.15. The molecule has 2 aromatic rings. The number of rotatable bonds is 7. The highest BCUT2D eigenvalue weighted by Gasteiger charge is 2.15. The van der Waals surface area contributed by atoms with Crippen molar-refractivity contribution in [2.75, 3.05) is 25.5 Å². The molecule has 0 unspecified atom stereocenters. The first-order valence-corrected chi connectivity index (χ1v) is 7.96. The van der Waals surface area contributed by atoms with Crippen molar-refractivity contribution in [1.29, 1.82) is 0 Å². The van der Waals surface area contributed by atoms with Crippen molar-refractivity contribution in [2.24, 2.45) is 0 Å². The van der Waals surface area contributed by atoms with Gasteiger partial charge in [-0.25, -0.2) is 4.98 Å². The van der Waals surface area contributed by atoms with E-state index in [1.54, 1.807) is 10.7 Å². The highest BCUT2D eigenvalue weighted by molar-refractivity contribution is 5.91. The number of likely N-dealkylation sites (N-methyl/N-ethyl adjacent to an activating group) is 1. The van der Waals surface area contributed by atoms with E-state index >= 15 is 0 Å². The van der Waals surface area contributed by atoms with Crippen molar-refractivity contribution in [1.82, 2.24) is 19.7 Å². The normalized spacial score (nSPS) is 11.1. The Labute approximate surface area is 142 Å². The molecule has 130 valence electrons. The van der Waals surface area contributed by atoms with Gasteiger partial charge in [0.2, 0.25) is 5.91 Å².